The lowest BCUT2D eigenvalue weighted by Gasteiger charge is -2.39. The molecular weight excluding hydrogens is 332 g/mol. The second kappa shape index (κ2) is 9.06. The van der Waals surface area contributed by atoms with Crippen LogP contribution in [0.2, 0.25) is 0 Å². The molecule has 1 amide bonds. The SMILES string of the molecule is CCC(CC)[C@@H](CNC(=O)[C@H]1Cc2ccccc2S1)N1CCOCC1. The maximum Gasteiger partial charge on any atom is 0.233 e. The monoisotopic (exact) mass is 362 g/mol. The zero-order chi connectivity index (χ0) is 17.6. The third kappa shape index (κ3) is 4.57. The van der Waals surface area contributed by atoms with E-state index in [2.05, 4.69) is 42.3 Å². The Morgan fingerprint density at radius 1 is 1.28 bits per heavy atom. The zero-order valence-electron chi connectivity index (χ0n) is 15.4. The van der Waals surface area contributed by atoms with Crippen LogP contribution in [0.4, 0.5) is 0 Å². The molecule has 0 aliphatic carbocycles. The minimum absolute atomic E-state index is 0.0180. The van der Waals surface area contributed by atoms with E-state index in [1.54, 1.807) is 11.8 Å². The van der Waals surface area contributed by atoms with Crippen molar-refractivity contribution < 1.29 is 9.53 Å². The molecule has 5 heteroatoms. The molecule has 1 saturated heterocycles. The topological polar surface area (TPSA) is 41.6 Å². The van der Waals surface area contributed by atoms with Crippen molar-refractivity contribution in [2.24, 2.45) is 5.92 Å². The smallest absolute Gasteiger partial charge is 0.233 e. The van der Waals surface area contributed by atoms with E-state index in [0.29, 0.717) is 12.0 Å². The molecule has 2 aliphatic rings. The highest BCUT2D eigenvalue weighted by molar-refractivity contribution is 8.01. The van der Waals surface area contributed by atoms with Crippen LogP contribution < -0.4 is 5.32 Å². The molecule has 0 unspecified atom stereocenters. The van der Waals surface area contributed by atoms with Crippen LogP contribution in [0.1, 0.15) is 32.3 Å². The van der Waals surface area contributed by atoms with Gasteiger partial charge in [-0.3, -0.25) is 9.69 Å². The van der Waals surface area contributed by atoms with Crippen LogP contribution >= 0.6 is 11.8 Å². The predicted octanol–water partition coefficient (Wildman–Crippen LogP) is 2.96. The second-order valence-corrected chi connectivity index (χ2v) is 8.20. The molecule has 25 heavy (non-hydrogen) atoms. The first kappa shape index (κ1) is 18.7. The molecule has 3 rings (SSSR count). The minimum atomic E-state index is 0.0180. The molecule has 0 saturated carbocycles. The number of nitrogens with zero attached hydrogens (tertiary/aromatic N) is 1. The first-order chi connectivity index (χ1) is 12.2. The Labute approximate surface area is 155 Å². The first-order valence-electron chi connectivity index (χ1n) is 9.57. The number of fused-ring (bicyclic) bond motifs is 1. The fraction of sp³-hybridized carbons (Fsp3) is 0.650. The molecule has 0 bridgehead atoms. The van der Waals surface area contributed by atoms with Crippen LogP contribution in [0.15, 0.2) is 29.2 Å². The summed E-state index contributed by atoms with van der Waals surface area (Å²) in [4.78, 5) is 16.5. The molecule has 1 N–H and O–H groups in total. The van der Waals surface area contributed by atoms with Gasteiger partial charge in [-0.15, -0.1) is 11.8 Å². The van der Waals surface area contributed by atoms with E-state index in [-0.39, 0.29) is 11.2 Å². The van der Waals surface area contributed by atoms with Crippen molar-refractivity contribution in [3.05, 3.63) is 29.8 Å². The average molecular weight is 363 g/mol. The lowest BCUT2D eigenvalue weighted by Crippen LogP contribution is -2.52. The molecule has 0 spiro atoms. The third-order valence-corrected chi connectivity index (χ3v) is 6.85. The summed E-state index contributed by atoms with van der Waals surface area (Å²) in [5.74, 6) is 0.803. The first-order valence-corrected chi connectivity index (χ1v) is 10.4. The van der Waals surface area contributed by atoms with Gasteiger partial charge in [0.2, 0.25) is 5.91 Å². The molecule has 0 radical (unpaired) electrons. The molecule has 1 fully saturated rings. The van der Waals surface area contributed by atoms with Gasteiger partial charge < -0.3 is 10.1 Å². The number of rotatable bonds is 7. The number of morpholine rings is 1. The van der Waals surface area contributed by atoms with Gasteiger partial charge in [0.1, 0.15) is 0 Å². The lowest BCUT2D eigenvalue weighted by atomic mass is 9.92. The van der Waals surface area contributed by atoms with Crippen LogP contribution in [-0.2, 0) is 16.0 Å². The predicted molar refractivity (Wildman–Crippen MR) is 103 cm³/mol. The fourth-order valence-electron chi connectivity index (χ4n) is 3.98. The van der Waals surface area contributed by atoms with Gasteiger partial charge in [0.15, 0.2) is 0 Å². The number of carbonyl (C=O) groups excluding carboxylic acids is 1. The molecule has 1 aromatic carbocycles. The standard InChI is InChI=1S/C20H30N2O2S/c1-3-15(4-2)17(22-9-11-24-12-10-22)14-21-20(23)19-13-16-7-5-6-8-18(16)25-19/h5-8,15,17,19H,3-4,9-14H2,1-2H3,(H,21,23)/t17-,19-/m1/s1. The summed E-state index contributed by atoms with van der Waals surface area (Å²) < 4.78 is 5.51. The maximum absolute atomic E-state index is 12.7. The Kier molecular flexibility index (Phi) is 6.79. The lowest BCUT2D eigenvalue weighted by molar-refractivity contribution is -0.121. The van der Waals surface area contributed by atoms with Crippen molar-refractivity contribution in [1.29, 1.82) is 0 Å². The normalized spacial score (nSPS) is 22.0. The van der Waals surface area contributed by atoms with E-state index in [1.807, 2.05) is 6.07 Å². The summed E-state index contributed by atoms with van der Waals surface area (Å²) in [5.41, 5.74) is 1.30. The summed E-state index contributed by atoms with van der Waals surface area (Å²) in [6, 6.07) is 8.77. The highest BCUT2D eigenvalue weighted by Crippen LogP contribution is 2.36. The Bertz CT molecular complexity index is 546. The number of benzene rings is 1. The van der Waals surface area contributed by atoms with Crippen molar-refractivity contribution in [2.75, 3.05) is 32.8 Å². The maximum atomic E-state index is 12.7. The van der Waals surface area contributed by atoms with E-state index in [9.17, 15) is 4.79 Å². The van der Waals surface area contributed by atoms with Gasteiger partial charge in [0.25, 0.3) is 0 Å². The van der Waals surface area contributed by atoms with Crippen LogP contribution in [0.3, 0.4) is 0 Å². The van der Waals surface area contributed by atoms with Crippen molar-refractivity contribution in [3.8, 4) is 0 Å². The summed E-state index contributed by atoms with van der Waals surface area (Å²) in [5, 5.41) is 3.28. The Hall–Kier alpha value is -1.04. The molecule has 1 aromatic rings. The number of thioether (sulfide) groups is 1. The van der Waals surface area contributed by atoms with Gasteiger partial charge >= 0.3 is 0 Å². The largest absolute Gasteiger partial charge is 0.379 e. The molecule has 4 nitrogen and oxygen atoms in total. The summed E-state index contributed by atoms with van der Waals surface area (Å²) >= 11 is 1.71. The summed E-state index contributed by atoms with van der Waals surface area (Å²) in [7, 11) is 0. The quantitative estimate of drug-likeness (QED) is 0.810. The van der Waals surface area contributed by atoms with E-state index in [1.165, 1.54) is 10.5 Å². The van der Waals surface area contributed by atoms with E-state index in [4.69, 9.17) is 4.74 Å². The number of amides is 1. The number of nitrogens with one attached hydrogen (secondary N) is 1. The third-order valence-electron chi connectivity index (χ3n) is 5.53. The Morgan fingerprint density at radius 3 is 2.68 bits per heavy atom. The van der Waals surface area contributed by atoms with Gasteiger partial charge in [-0.25, -0.2) is 0 Å². The molecule has 2 heterocycles. The van der Waals surface area contributed by atoms with Crippen molar-refractivity contribution >= 4 is 17.7 Å². The number of ether oxygens (including phenoxy) is 1. The van der Waals surface area contributed by atoms with Crippen LogP contribution in [0.5, 0.6) is 0 Å². The van der Waals surface area contributed by atoms with Crippen LogP contribution in [0, 0.1) is 5.92 Å². The Balaban J connectivity index is 1.58. The van der Waals surface area contributed by atoms with Gasteiger partial charge in [0, 0.05) is 30.6 Å². The van der Waals surface area contributed by atoms with Crippen LogP contribution in [0.25, 0.3) is 0 Å². The fourth-order valence-corrected chi connectivity index (χ4v) is 5.20. The second-order valence-electron chi connectivity index (χ2n) is 6.96. The molecule has 2 atom stereocenters. The highest BCUT2D eigenvalue weighted by Gasteiger charge is 2.31. The number of hydrogen-bond donors (Lipinski definition) is 1. The van der Waals surface area contributed by atoms with Gasteiger partial charge in [-0.1, -0.05) is 44.9 Å². The highest BCUT2D eigenvalue weighted by atomic mass is 32.2. The minimum Gasteiger partial charge on any atom is -0.379 e. The van der Waals surface area contributed by atoms with Crippen molar-refractivity contribution in [3.63, 3.8) is 0 Å². The molecule has 138 valence electrons. The zero-order valence-corrected chi connectivity index (χ0v) is 16.2. The van der Waals surface area contributed by atoms with Crippen molar-refractivity contribution in [2.45, 2.75) is 49.3 Å². The van der Waals surface area contributed by atoms with Gasteiger partial charge in [-0.05, 0) is 24.0 Å². The number of carbonyl (C=O) groups is 1. The average Bonchev–Trinajstić information content (AvgIpc) is 3.10. The van der Waals surface area contributed by atoms with E-state index < -0.39 is 0 Å². The summed E-state index contributed by atoms with van der Waals surface area (Å²) in [6.07, 6.45) is 3.15. The molecular formula is C20H30N2O2S. The Morgan fingerprint density at radius 2 is 2.00 bits per heavy atom. The van der Waals surface area contributed by atoms with E-state index in [0.717, 1.165) is 52.1 Å². The van der Waals surface area contributed by atoms with Crippen LogP contribution in [-0.4, -0.2) is 54.9 Å². The van der Waals surface area contributed by atoms with Gasteiger partial charge in [0.05, 0.1) is 18.5 Å². The van der Waals surface area contributed by atoms with E-state index >= 15 is 0 Å². The number of hydrogen-bond acceptors (Lipinski definition) is 4. The summed E-state index contributed by atoms with van der Waals surface area (Å²) in [6.45, 7) is 8.82. The molecule has 2 aliphatic heterocycles. The molecule has 0 aromatic heterocycles. The van der Waals surface area contributed by atoms with Crippen molar-refractivity contribution in [1.82, 2.24) is 10.2 Å². The van der Waals surface area contributed by atoms with Gasteiger partial charge in [-0.2, -0.15) is 0 Å².